The quantitative estimate of drug-likeness (QED) is 0.200. The third kappa shape index (κ3) is 5.17. The Morgan fingerprint density at radius 2 is 1.00 bits per heavy atom. The van der Waals surface area contributed by atoms with E-state index in [2.05, 4.69) is 76.4 Å². The Morgan fingerprint density at radius 1 is 0.621 bits per heavy atom. The summed E-state index contributed by atoms with van der Waals surface area (Å²) in [5.41, 5.74) is 8.72. The lowest BCUT2D eigenvalue weighted by Gasteiger charge is -2.39. The number of nitrogen functional groups attached to an aromatic ring is 1. The molecule has 154 valence electrons. The molecule has 0 atom stereocenters. The Hall–Kier alpha value is -2.37. The molecular formula is C26H37NSi2. The molecule has 0 bridgehead atoms. The van der Waals surface area contributed by atoms with Crippen molar-refractivity contribution >= 4 is 38.3 Å². The predicted octanol–water partition coefficient (Wildman–Crippen LogP) is 6.34. The molecule has 0 radical (unpaired) electrons. The fourth-order valence-corrected chi connectivity index (χ4v) is 14.3. The molecule has 0 unspecified atom stereocenters. The van der Waals surface area contributed by atoms with E-state index in [-0.39, 0.29) is 0 Å². The van der Waals surface area contributed by atoms with E-state index >= 15 is 0 Å². The zero-order valence-corrected chi connectivity index (χ0v) is 20.0. The molecule has 0 fully saturated rings. The first-order valence-electron chi connectivity index (χ1n) is 10.2. The molecule has 0 saturated heterocycles. The Labute approximate surface area is 180 Å². The average Bonchev–Trinajstić information content (AvgIpc) is 2.68. The third-order valence-corrected chi connectivity index (χ3v) is 15.6. The van der Waals surface area contributed by atoms with Crippen molar-refractivity contribution in [2.75, 3.05) is 5.73 Å². The van der Waals surface area contributed by atoms with Crippen molar-refractivity contribution in [3.63, 3.8) is 0 Å². The van der Waals surface area contributed by atoms with Crippen molar-refractivity contribution in [2.45, 2.75) is 36.3 Å². The van der Waals surface area contributed by atoms with Crippen LogP contribution in [0.15, 0.2) is 94.6 Å². The van der Waals surface area contributed by atoms with Gasteiger partial charge in [0.15, 0.2) is 0 Å². The van der Waals surface area contributed by atoms with Gasteiger partial charge in [0.2, 0.25) is 0 Å². The Bertz CT molecular complexity index is 735. The molecule has 0 aliphatic heterocycles. The number of benzene rings is 1. The second-order valence-electron chi connectivity index (χ2n) is 7.71. The summed E-state index contributed by atoms with van der Waals surface area (Å²) in [5.74, 6) is 0. The van der Waals surface area contributed by atoms with Crippen LogP contribution in [0.3, 0.4) is 0 Å². The van der Waals surface area contributed by atoms with Gasteiger partial charge in [-0.1, -0.05) is 66.4 Å². The molecule has 0 aromatic heterocycles. The lowest BCUT2D eigenvalue weighted by atomic mass is 10.2. The van der Waals surface area contributed by atoms with Gasteiger partial charge in [-0.2, -0.15) is 0 Å². The van der Waals surface area contributed by atoms with E-state index in [0.717, 1.165) is 47.5 Å². The maximum Gasteiger partial charge on any atom is 0.100 e. The highest BCUT2D eigenvalue weighted by Gasteiger charge is 2.42. The van der Waals surface area contributed by atoms with Crippen LogP contribution in [-0.4, -0.2) is 16.1 Å². The lowest BCUT2D eigenvalue weighted by Crippen LogP contribution is -2.63. The number of rotatable bonds is 15. The molecule has 0 heterocycles. The second-order valence-corrected chi connectivity index (χ2v) is 16.3. The smallest absolute Gasteiger partial charge is 0.100 e. The van der Waals surface area contributed by atoms with Gasteiger partial charge in [0.05, 0.1) is 8.07 Å². The summed E-state index contributed by atoms with van der Waals surface area (Å²) in [7, 11) is -4.12. The van der Waals surface area contributed by atoms with Crippen LogP contribution in [0.4, 0.5) is 5.69 Å². The molecule has 1 aromatic rings. The molecule has 3 heteroatoms. The number of allylic oxidation sites excluding steroid dienone is 6. The number of anilines is 1. The van der Waals surface area contributed by atoms with Crippen molar-refractivity contribution in [1.29, 1.82) is 0 Å². The topological polar surface area (TPSA) is 26.0 Å². The van der Waals surface area contributed by atoms with E-state index in [9.17, 15) is 0 Å². The standard InChI is InChI=1S/C26H37NSi2/c1-8-17-28(18-9-2,19-10-3)24-16-15-23(14-7)25(27)26(24)29(20-11-4,21-12-5)22-13-6/h8-16H,1-7,17-22,27H2. The average molecular weight is 420 g/mol. The lowest BCUT2D eigenvalue weighted by molar-refractivity contribution is 1.36. The molecular weight excluding hydrogens is 382 g/mol. The highest BCUT2D eigenvalue weighted by Crippen LogP contribution is 2.30. The molecule has 0 spiro atoms. The van der Waals surface area contributed by atoms with Crippen LogP contribution in [0, 0.1) is 0 Å². The van der Waals surface area contributed by atoms with Crippen LogP contribution >= 0.6 is 0 Å². The minimum absolute atomic E-state index is 0.865. The summed E-state index contributed by atoms with van der Waals surface area (Å²) in [6, 6.07) is 10.1. The van der Waals surface area contributed by atoms with Gasteiger partial charge in [-0.15, -0.1) is 39.5 Å². The van der Waals surface area contributed by atoms with Crippen molar-refractivity contribution in [3.8, 4) is 0 Å². The van der Waals surface area contributed by atoms with Crippen molar-refractivity contribution in [1.82, 2.24) is 0 Å². The highest BCUT2D eigenvalue weighted by molar-refractivity contribution is 7.03. The van der Waals surface area contributed by atoms with Crippen LogP contribution < -0.4 is 16.1 Å². The number of hydrogen-bond acceptors (Lipinski definition) is 1. The number of nitrogens with two attached hydrogens (primary N) is 1. The summed E-state index contributed by atoms with van der Waals surface area (Å²) in [6.45, 7) is 28.4. The van der Waals surface area contributed by atoms with E-state index in [4.69, 9.17) is 5.73 Å². The van der Waals surface area contributed by atoms with Crippen LogP contribution in [0.2, 0.25) is 36.3 Å². The monoisotopic (exact) mass is 419 g/mol. The maximum absolute atomic E-state index is 6.86. The summed E-state index contributed by atoms with van der Waals surface area (Å²) < 4.78 is 0. The predicted molar refractivity (Wildman–Crippen MR) is 142 cm³/mol. The first-order chi connectivity index (χ1) is 14.0. The van der Waals surface area contributed by atoms with Gasteiger partial charge in [0, 0.05) is 5.69 Å². The van der Waals surface area contributed by atoms with E-state index in [1.807, 2.05) is 24.3 Å². The highest BCUT2D eigenvalue weighted by atomic mass is 28.3. The molecule has 0 saturated carbocycles. The zero-order valence-electron chi connectivity index (χ0n) is 18.0. The van der Waals surface area contributed by atoms with Crippen LogP contribution in [-0.2, 0) is 0 Å². The molecule has 0 amide bonds. The van der Waals surface area contributed by atoms with Crippen molar-refractivity contribution in [2.24, 2.45) is 0 Å². The first-order valence-corrected chi connectivity index (χ1v) is 15.4. The molecule has 1 rings (SSSR count). The minimum Gasteiger partial charge on any atom is -0.398 e. The third-order valence-electron chi connectivity index (χ3n) is 5.81. The van der Waals surface area contributed by atoms with Crippen LogP contribution in [0.25, 0.3) is 6.08 Å². The molecule has 1 aromatic carbocycles. The first kappa shape index (κ1) is 24.7. The van der Waals surface area contributed by atoms with Gasteiger partial charge in [-0.3, -0.25) is 0 Å². The van der Waals surface area contributed by atoms with Gasteiger partial charge in [0.25, 0.3) is 0 Å². The van der Waals surface area contributed by atoms with E-state index in [1.54, 1.807) is 0 Å². The van der Waals surface area contributed by atoms with E-state index in [0.29, 0.717) is 0 Å². The fraction of sp³-hybridized carbons (Fsp3) is 0.231. The summed E-state index contributed by atoms with van der Waals surface area (Å²) >= 11 is 0. The Balaban J connectivity index is 4.11. The summed E-state index contributed by atoms with van der Waals surface area (Å²) in [5, 5.41) is 2.75. The van der Waals surface area contributed by atoms with Crippen molar-refractivity contribution < 1.29 is 0 Å². The van der Waals surface area contributed by atoms with Gasteiger partial charge >= 0.3 is 0 Å². The van der Waals surface area contributed by atoms with E-state index < -0.39 is 16.1 Å². The Morgan fingerprint density at radius 3 is 1.34 bits per heavy atom. The molecule has 29 heavy (non-hydrogen) atoms. The van der Waals surface area contributed by atoms with Gasteiger partial charge in [-0.05, 0) is 47.0 Å². The largest absolute Gasteiger partial charge is 0.398 e. The summed E-state index contributed by atoms with van der Waals surface area (Å²) in [6.07, 6.45) is 14.1. The Kier molecular flexibility index (Phi) is 9.86. The second kappa shape index (κ2) is 11.6. The maximum atomic E-state index is 6.86. The van der Waals surface area contributed by atoms with Gasteiger partial charge < -0.3 is 5.73 Å². The normalized spacial score (nSPS) is 11.3. The van der Waals surface area contributed by atoms with Crippen LogP contribution in [0.1, 0.15) is 5.56 Å². The molecule has 0 aliphatic rings. The van der Waals surface area contributed by atoms with Gasteiger partial charge in [-0.25, -0.2) is 0 Å². The minimum atomic E-state index is -2.10. The molecule has 2 N–H and O–H groups in total. The SMILES string of the molecule is C=CC[Si](CC=C)(CC=C)c1ccc(C=C)c(N)c1[Si](CC=C)(CC=C)CC=C. The molecule has 1 nitrogen and oxygen atoms in total. The van der Waals surface area contributed by atoms with E-state index in [1.165, 1.54) is 10.4 Å². The summed E-state index contributed by atoms with van der Waals surface area (Å²) in [4.78, 5) is 0. The fourth-order valence-electron chi connectivity index (χ4n) is 4.62. The van der Waals surface area contributed by atoms with Crippen LogP contribution in [0.5, 0.6) is 0 Å². The molecule has 0 aliphatic carbocycles. The van der Waals surface area contributed by atoms with Crippen molar-refractivity contribution in [3.05, 3.63) is 100 Å². The number of hydrogen-bond donors (Lipinski definition) is 1. The zero-order chi connectivity index (χ0) is 21.9. The van der Waals surface area contributed by atoms with Gasteiger partial charge in [0.1, 0.15) is 8.07 Å².